The van der Waals surface area contributed by atoms with Crippen molar-refractivity contribution >= 4 is 11.9 Å². The Kier molecular flexibility index (Phi) is 15.6. The predicted molar refractivity (Wildman–Crippen MR) is 112 cm³/mol. The molecule has 0 aliphatic heterocycles. The van der Waals surface area contributed by atoms with Gasteiger partial charge >= 0.3 is 11.9 Å². The third-order valence-corrected chi connectivity index (χ3v) is 4.50. The molecule has 1 unspecified atom stereocenters. The van der Waals surface area contributed by atoms with Crippen LogP contribution in [-0.4, -0.2) is 24.6 Å². The number of carbonyl (C=O) groups excluding carboxylic acids is 2. The van der Waals surface area contributed by atoms with Crippen LogP contribution < -0.4 is 0 Å². The number of carbonyl (C=O) groups is 2. The fourth-order valence-corrected chi connectivity index (χ4v) is 2.76. The number of esters is 2. The first kappa shape index (κ1) is 25.4. The first-order valence-electron chi connectivity index (χ1n) is 10.6. The first-order chi connectivity index (χ1) is 12.9. The topological polar surface area (TPSA) is 52.6 Å². The Bertz CT molecular complexity index is 453. The highest BCUT2D eigenvalue weighted by Gasteiger charge is 2.17. The summed E-state index contributed by atoms with van der Waals surface area (Å²) >= 11 is 0. The van der Waals surface area contributed by atoms with Gasteiger partial charge < -0.3 is 9.47 Å². The third kappa shape index (κ3) is 15.2. The maximum atomic E-state index is 11.8. The van der Waals surface area contributed by atoms with Crippen LogP contribution in [-0.2, 0) is 19.1 Å². The van der Waals surface area contributed by atoms with E-state index in [-0.39, 0.29) is 6.61 Å². The van der Waals surface area contributed by atoms with Gasteiger partial charge in [0.05, 0.1) is 0 Å². The molecule has 0 N–H and O–H groups in total. The lowest BCUT2D eigenvalue weighted by Gasteiger charge is -2.18. The maximum absolute atomic E-state index is 11.8. The standard InChI is InChI=1S/C23H40O4/c1-6-7-8-9-10-11-12-13-14-15-16-17-21(27-23(25)20(4)5)18-26-22(24)19(2)3/h21H,2,4,6-18H2,1,3,5H3. The molecule has 0 bridgehead atoms. The summed E-state index contributed by atoms with van der Waals surface area (Å²) in [5.41, 5.74) is 0.694. The van der Waals surface area contributed by atoms with Gasteiger partial charge in [0.15, 0.2) is 0 Å². The zero-order chi connectivity index (χ0) is 20.5. The smallest absolute Gasteiger partial charge is 0.333 e. The Hall–Kier alpha value is -1.58. The van der Waals surface area contributed by atoms with E-state index in [1.807, 2.05) is 0 Å². The summed E-state index contributed by atoms with van der Waals surface area (Å²) in [7, 11) is 0. The zero-order valence-electron chi connectivity index (χ0n) is 17.8. The molecule has 0 aromatic carbocycles. The molecule has 0 aromatic heterocycles. The number of hydrogen-bond acceptors (Lipinski definition) is 4. The van der Waals surface area contributed by atoms with Crippen LogP contribution in [0.25, 0.3) is 0 Å². The van der Waals surface area contributed by atoms with Crippen LogP contribution >= 0.6 is 0 Å². The van der Waals surface area contributed by atoms with Gasteiger partial charge in [0.2, 0.25) is 0 Å². The Labute approximate surface area is 166 Å². The molecule has 0 heterocycles. The van der Waals surface area contributed by atoms with Gasteiger partial charge in [-0.05, 0) is 26.7 Å². The Morgan fingerprint density at radius 3 is 1.63 bits per heavy atom. The lowest BCUT2D eigenvalue weighted by molar-refractivity contribution is -0.154. The second kappa shape index (κ2) is 16.6. The molecule has 0 aliphatic rings. The van der Waals surface area contributed by atoms with Crippen LogP contribution in [0.2, 0.25) is 0 Å². The largest absolute Gasteiger partial charge is 0.458 e. The summed E-state index contributed by atoms with van der Waals surface area (Å²) < 4.78 is 10.5. The fraction of sp³-hybridized carbons (Fsp3) is 0.739. The van der Waals surface area contributed by atoms with Crippen LogP contribution in [0.3, 0.4) is 0 Å². The van der Waals surface area contributed by atoms with Crippen LogP contribution in [0.15, 0.2) is 24.3 Å². The monoisotopic (exact) mass is 380 g/mol. The van der Waals surface area contributed by atoms with Gasteiger partial charge in [-0.2, -0.15) is 0 Å². The minimum absolute atomic E-state index is 0.0719. The molecule has 0 saturated heterocycles. The Balaban J connectivity index is 3.93. The van der Waals surface area contributed by atoms with Crippen molar-refractivity contribution in [3.05, 3.63) is 24.3 Å². The van der Waals surface area contributed by atoms with Gasteiger partial charge in [0.1, 0.15) is 12.7 Å². The van der Waals surface area contributed by atoms with Crippen molar-refractivity contribution in [2.45, 2.75) is 104 Å². The molecule has 0 radical (unpaired) electrons. The van der Waals surface area contributed by atoms with E-state index in [4.69, 9.17) is 9.47 Å². The highest BCUT2D eigenvalue weighted by Crippen LogP contribution is 2.14. The lowest BCUT2D eigenvalue weighted by Crippen LogP contribution is -2.25. The van der Waals surface area contributed by atoms with Gasteiger partial charge in [0, 0.05) is 11.1 Å². The SMILES string of the molecule is C=C(C)C(=O)OCC(CCCCCCCCCCCCC)OC(=O)C(=C)C. The van der Waals surface area contributed by atoms with E-state index in [1.165, 1.54) is 57.8 Å². The molecule has 27 heavy (non-hydrogen) atoms. The van der Waals surface area contributed by atoms with Crippen molar-refractivity contribution in [1.82, 2.24) is 0 Å². The maximum Gasteiger partial charge on any atom is 0.333 e. The summed E-state index contributed by atoms with van der Waals surface area (Å²) in [6.45, 7) is 12.7. The molecule has 0 saturated carbocycles. The molecule has 0 aliphatic carbocycles. The second-order valence-corrected chi connectivity index (χ2v) is 7.51. The molecule has 4 heteroatoms. The van der Waals surface area contributed by atoms with Gasteiger partial charge in [-0.25, -0.2) is 9.59 Å². The molecular formula is C23H40O4. The molecule has 1 atom stereocenters. The van der Waals surface area contributed by atoms with Crippen LogP contribution in [0.4, 0.5) is 0 Å². The number of unbranched alkanes of at least 4 members (excludes halogenated alkanes) is 10. The van der Waals surface area contributed by atoms with Crippen molar-refractivity contribution in [2.24, 2.45) is 0 Å². The number of ether oxygens (including phenoxy) is 2. The van der Waals surface area contributed by atoms with E-state index in [0.29, 0.717) is 17.6 Å². The van der Waals surface area contributed by atoms with Gasteiger partial charge in [-0.3, -0.25) is 0 Å². The minimum atomic E-state index is -0.453. The van der Waals surface area contributed by atoms with E-state index < -0.39 is 18.0 Å². The van der Waals surface area contributed by atoms with E-state index in [9.17, 15) is 9.59 Å². The average Bonchev–Trinajstić information content (AvgIpc) is 2.63. The van der Waals surface area contributed by atoms with Crippen molar-refractivity contribution in [3.63, 3.8) is 0 Å². The minimum Gasteiger partial charge on any atom is -0.458 e. The molecule has 4 nitrogen and oxygen atoms in total. The average molecular weight is 381 g/mol. The summed E-state index contributed by atoms with van der Waals surface area (Å²) in [6.07, 6.45) is 14.2. The van der Waals surface area contributed by atoms with E-state index in [2.05, 4.69) is 20.1 Å². The zero-order valence-corrected chi connectivity index (χ0v) is 17.8. The van der Waals surface area contributed by atoms with Crippen molar-refractivity contribution in [2.75, 3.05) is 6.61 Å². The Morgan fingerprint density at radius 1 is 0.741 bits per heavy atom. The molecule has 0 aromatic rings. The van der Waals surface area contributed by atoms with Crippen LogP contribution in [0, 0.1) is 0 Å². The van der Waals surface area contributed by atoms with E-state index in [0.717, 1.165) is 12.8 Å². The van der Waals surface area contributed by atoms with Crippen molar-refractivity contribution in [3.8, 4) is 0 Å². The summed E-state index contributed by atoms with van der Waals surface area (Å²) in [5, 5.41) is 0. The van der Waals surface area contributed by atoms with E-state index >= 15 is 0 Å². The summed E-state index contributed by atoms with van der Waals surface area (Å²) in [5.74, 6) is -0.889. The lowest BCUT2D eigenvalue weighted by atomic mass is 10.0. The quantitative estimate of drug-likeness (QED) is 0.169. The van der Waals surface area contributed by atoms with E-state index in [1.54, 1.807) is 13.8 Å². The molecule has 0 spiro atoms. The highest BCUT2D eigenvalue weighted by molar-refractivity contribution is 5.87. The molecule has 156 valence electrons. The predicted octanol–water partition coefficient (Wildman–Crippen LogP) is 6.29. The highest BCUT2D eigenvalue weighted by atomic mass is 16.6. The molecule has 0 amide bonds. The summed E-state index contributed by atoms with van der Waals surface area (Å²) in [6, 6.07) is 0. The number of hydrogen-bond donors (Lipinski definition) is 0. The summed E-state index contributed by atoms with van der Waals surface area (Å²) in [4.78, 5) is 23.3. The first-order valence-corrected chi connectivity index (χ1v) is 10.6. The Morgan fingerprint density at radius 2 is 1.19 bits per heavy atom. The van der Waals surface area contributed by atoms with Gasteiger partial charge in [-0.1, -0.05) is 84.3 Å². The molecular weight excluding hydrogens is 340 g/mol. The van der Waals surface area contributed by atoms with Crippen molar-refractivity contribution < 1.29 is 19.1 Å². The van der Waals surface area contributed by atoms with Gasteiger partial charge in [-0.15, -0.1) is 0 Å². The molecule has 0 rings (SSSR count). The van der Waals surface area contributed by atoms with Crippen LogP contribution in [0.1, 0.15) is 97.8 Å². The second-order valence-electron chi connectivity index (χ2n) is 7.51. The fourth-order valence-electron chi connectivity index (χ4n) is 2.76. The van der Waals surface area contributed by atoms with Crippen molar-refractivity contribution in [1.29, 1.82) is 0 Å². The molecule has 0 fully saturated rings. The third-order valence-electron chi connectivity index (χ3n) is 4.50. The number of rotatable bonds is 17. The normalized spacial score (nSPS) is 11.7. The van der Waals surface area contributed by atoms with Crippen LogP contribution in [0.5, 0.6) is 0 Å². The van der Waals surface area contributed by atoms with Gasteiger partial charge in [0.25, 0.3) is 0 Å².